The number of benzene rings is 1. The fourth-order valence-electron chi connectivity index (χ4n) is 6.12. The van der Waals surface area contributed by atoms with E-state index in [1.807, 2.05) is 32.0 Å². The van der Waals surface area contributed by atoms with Gasteiger partial charge in [-0.1, -0.05) is 0 Å². The lowest BCUT2D eigenvalue weighted by Gasteiger charge is -2.28. The highest BCUT2D eigenvalue weighted by Crippen LogP contribution is 2.47. The monoisotopic (exact) mass is 623 g/mol. The molecule has 4 aromatic rings. The zero-order chi connectivity index (χ0) is 31.7. The topological polar surface area (TPSA) is 137 Å². The van der Waals surface area contributed by atoms with Gasteiger partial charge in [-0.05, 0) is 59.3 Å². The normalized spacial score (nSPS) is 18.3. The Hall–Kier alpha value is -4.19. The molecule has 2 aliphatic rings. The van der Waals surface area contributed by atoms with Crippen LogP contribution in [0.3, 0.4) is 0 Å². The van der Waals surface area contributed by atoms with E-state index in [1.165, 1.54) is 0 Å². The van der Waals surface area contributed by atoms with Gasteiger partial charge in [0.2, 0.25) is 11.8 Å². The fourth-order valence-corrected chi connectivity index (χ4v) is 7.16. The minimum atomic E-state index is -0.825. The third kappa shape index (κ3) is 4.85. The summed E-state index contributed by atoms with van der Waals surface area (Å²) in [5, 5.41) is 24.0. The SMILES string of the molecule is C[C@H]1[C@@H](N(C)C)CCN1c1nc(O)c2c3c(c(-c4ncc(F)c5sc(NC(=O)OC(C)(C)C)c(C#N)c45)c(F)c2n1)COC3. The number of hydrogen-bond donors (Lipinski definition) is 2. The Morgan fingerprint density at radius 3 is 2.64 bits per heavy atom. The van der Waals surface area contributed by atoms with Gasteiger partial charge in [0, 0.05) is 29.6 Å². The quantitative estimate of drug-likeness (QED) is 0.293. The van der Waals surface area contributed by atoms with E-state index in [1.54, 1.807) is 20.8 Å². The molecule has 1 fully saturated rings. The molecule has 6 rings (SSSR count). The summed E-state index contributed by atoms with van der Waals surface area (Å²) in [5.41, 5.74) is -0.175. The van der Waals surface area contributed by atoms with Crippen molar-refractivity contribution in [3.05, 3.63) is 34.5 Å². The summed E-state index contributed by atoms with van der Waals surface area (Å²) in [7, 11) is 3.98. The number of hydrogen-bond acceptors (Lipinski definition) is 11. The highest BCUT2D eigenvalue weighted by Gasteiger charge is 2.36. The molecule has 0 bridgehead atoms. The summed E-state index contributed by atoms with van der Waals surface area (Å²) < 4.78 is 43.0. The Bertz CT molecular complexity index is 1880. The van der Waals surface area contributed by atoms with Crippen molar-refractivity contribution in [2.45, 2.75) is 65.0 Å². The van der Waals surface area contributed by atoms with Crippen LogP contribution in [0.2, 0.25) is 0 Å². The highest BCUT2D eigenvalue weighted by atomic mass is 32.1. The number of aromatic nitrogens is 3. The third-order valence-corrected chi connectivity index (χ3v) is 9.15. The number of thiophene rings is 1. The number of nitrogens with zero attached hydrogens (tertiary/aromatic N) is 6. The number of halogens is 2. The van der Waals surface area contributed by atoms with Gasteiger partial charge < -0.3 is 24.4 Å². The van der Waals surface area contributed by atoms with Crippen LogP contribution < -0.4 is 10.2 Å². The molecule has 1 saturated heterocycles. The number of fused-ring (bicyclic) bond motifs is 4. The minimum absolute atomic E-state index is 0.000389. The second-order valence-electron chi connectivity index (χ2n) is 12.2. The van der Waals surface area contributed by atoms with Gasteiger partial charge in [0.25, 0.3) is 0 Å². The van der Waals surface area contributed by atoms with Crippen molar-refractivity contribution in [2.24, 2.45) is 0 Å². The second-order valence-corrected chi connectivity index (χ2v) is 13.2. The van der Waals surface area contributed by atoms with Crippen LogP contribution in [0.15, 0.2) is 6.20 Å². The number of rotatable bonds is 4. The molecule has 1 aromatic carbocycles. The summed E-state index contributed by atoms with van der Waals surface area (Å²) in [6, 6.07) is 2.24. The lowest BCUT2D eigenvalue weighted by atomic mass is 9.93. The van der Waals surface area contributed by atoms with Crippen molar-refractivity contribution < 1.29 is 28.2 Å². The Morgan fingerprint density at radius 1 is 1.25 bits per heavy atom. The zero-order valence-corrected chi connectivity index (χ0v) is 25.9. The van der Waals surface area contributed by atoms with Gasteiger partial charge >= 0.3 is 6.09 Å². The van der Waals surface area contributed by atoms with Gasteiger partial charge in [0.1, 0.15) is 22.2 Å². The van der Waals surface area contributed by atoms with Crippen LogP contribution in [-0.2, 0) is 22.7 Å². The molecule has 44 heavy (non-hydrogen) atoms. The first kappa shape index (κ1) is 29.9. The van der Waals surface area contributed by atoms with Crippen molar-refractivity contribution >= 4 is 49.4 Å². The molecule has 5 heterocycles. The standard InChI is InChI=1S/C30H31F2N7O4S/c1-13-18(38(5)6)7-8-39(13)28-35-24-21(26(40)36-28)16-12-42-11-15(16)19(22(24)32)23-20-14(9-33)27(37-29(41)43-30(2,3)4)44-25(20)17(31)10-34-23/h10,13,18H,7-8,11-12H2,1-6H3,(H,37,41)(H,35,36,40)/t13-,18-/m0/s1. The molecule has 2 N–H and O–H groups in total. The first-order valence-electron chi connectivity index (χ1n) is 14.1. The molecule has 11 nitrogen and oxygen atoms in total. The summed E-state index contributed by atoms with van der Waals surface area (Å²) in [5.74, 6) is -1.73. The van der Waals surface area contributed by atoms with E-state index in [2.05, 4.69) is 25.2 Å². The van der Waals surface area contributed by atoms with Crippen LogP contribution in [0.25, 0.3) is 32.2 Å². The minimum Gasteiger partial charge on any atom is -0.493 e. The van der Waals surface area contributed by atoms with Crippen LogP contribution in [0.1, 0.15) is 50.8 Å². The van der Waals surface area contributed by atoms with E-state index < -0.39 is 23.3 Å². The molecule has 2 atom stereocenters. The average molecular weight is 624 g/mol. The van der Waals surface area contributed by atoms with Crippen molar-refractivity contribution in [1.29, 1.82) is 5.26 Å². The zero-order valence-electron chi connectivity index (χ0n) is 25.1. The smallest absolute Gasteiger partial charge is 0.412 e. The van der Waals surface area contributed by atoms with E-state index in [-0.39, 0.29) is 79.9 Å². The molecule has 0 unspecified atom stereocenters. The fraction of sp³-hybridized carbons (Fsp3) is 0.433. The van der Waals surface area contributed by atoms with Crippen LogP contribution in [0.4, 0.5) is 24.5 Å². The number of ether oxygens (including phenoxy) is 2. The number of carbonyl (C=O) groups is 1. The van der Waals surface area contributed by atoms with E-state index >= 15 is 8.78 Å². The maximum absolute atomic E-state index is 16.8. The lowest BCUT2D eigenvalue weighted by Crippen LogP contribution is -2.40. The van der Waals surface area contributed by atoms with E-state index in [0.717, 1.165) is 24.0 Å². The second kappa shape index (κ2) is 10.8. The average Bonchev–Trinajstić information content (AvgIpc) is 3.65. The van der Waals surface area contributed by atoms with E-state index in [4.69, 9.17) is 9.47 Å². The lowest BCUT2D eigenvalue weighted by molar-refractivity contribution is 0.0636. The number of anilines is 2. The predicted octanol–water partition coefficient (Wildman–Crippen LogP) is 5.67. The Labute approximate surface area is 256 Å². The summed E-state index contributed by atoms with van der Waals surface area (Å²) >= 11 is 0.826. The first-order valence-corrected chi connectivity index (χ1v) is 14.9. The van der Waals surface area contributed by atoms with Crippen molar-refractivity contribution in [3.8, 4) is 23.2 Å². The molecule has 2 aliphatic heterocycles. The number of nitrogens with one attached hydrogen (secondary N) is 1. The van der Waals surface area contributed by atoms with Gasteiger partial charge in [-0.15, -0.1) is 11.3 Å². The number of likely N-dealkylation sites (N-methyl/N-ethyl adjacent to an activating group) is 1. The Morgan fingerprint density at radius 2 is 1.98 bits per heavy atom. The highest BCUT2D eigenvalue weighted by molar-refractivity contribution is 7.23. The Balaban J connectivity index is 1.57. The number of nitriles is 1. The van der Waals surface area contributed by atoms with Crippen LogP contribution in [0, 0.1) is 23.0 Å². The van der Waals surface area contributed by atoms with Crippen LogP contribution >= 0.6 is 11.3 Å². The molecular formula is C30H31F2N7O4S. The largest absolute Gasteiger partial charge is 0.493 e. The number of amides is 1. The molecule has 3 aromatic heterocycles. The molecule has 230 valence electrons. The molecular weight excluding hydrogens is 592 g/mol. The number of pyridine rings is 1. The Kier molecular flexibility index (Phi) is 7.30. The molecule has 1 amide bonds. The van der Waals surface area contributed by atoms with Crippen molar-refractivity contribution in [1.82, 2.24) is 19.9 Å². The van der Waals surface area contributed by atoms with Gasteiger partial charge in [-0.25, -0.2) is 18.6 Å². The molecule has 0 spiro atoms. The molecule has 0 aliphatic carbocycles. The number of aromatic hydroxyl groups is 1. The molecule has 0 radical (unpaired) electrons. The molecule has 0 saturated carbocycles. The van der Waals surface area contributed by atoms with Gasteiger partial charge in [-0.3, -0.25) is 10.3 Å². The van der Waals surface area contributed by atoms with Gasteiger partial charge in [0.05, 0.1) is 40.8 Å². The number of carbonyl (C=O) groups excluding carboxylic acids is 1. The van der Waals surface area contributed by atoms with Gasteiger partial charge in [-0.2, -0.15) is 10.2 Å². The van der Waals surface area contributed by atoms with E-state index in [0.29, 0.717) is 17.7 Å². The van der Waals surface area contributed by atoms with Crippen LogP contribution in [0.5, 0.6) is 5.88 Å². The van der Waals surface area contributed by atoms with Crippen LogP contribution in [-0.4, -0.2) is 69.4 Å². The molecule has 14 heteroatoms. The van der Waals surface area contributed by atoms with E-state index in [9.17, 15) is 15.2 Å². The van der Waals surface area contributed by atoms with Gasteiger partial charge in [0.15, 0.2) is 11.6 Å². The maximum Gasteiger partial charge on any atom is 0.412 e. The summed E-state index contributed by atoms with van der Waals surface area (Å²) in [6.07, 6.45) is 0.970. The maximum atomic E-state index is 16.8. The first-order chi connectivity index (χ1) is 20.8. The predicted molar refractivity (Wildman–Crippen MR) is 162 cm³/mol. The van der Waals surface area contributed by atoms with Crippen molar-refractivity contribution in [2.75, 3.05) is 30.9 Å². The summed E-state index contributed by atoms with van der Waals surface area (Å²) in [4.78, 5) is 29.8. The summed E-state index contributed by atoms with van der Waals surface area (Å²) in [6.45, 7) is 7.76. The third-order valence-electron chi connectivity index (χ3n) is 8.03. The van der Waals surface area contributed by atoms with Crippen molar-refractivity contribution in [3.63, 3.8) is 0 Å².